The summed E-state index contributed by atoms with van der Waals surface area (Å²) in [6.45, 7) is 1.82. The number of fused-ring (bicyclic) bond motifs is 2. The maximum atomic E-state index is 12.2. The number of esters is 1. The molecule has 2 bridgehead atoms. The van der Waals surface area contributed by atoms with Crippen LogP contribution < -0.4 is 5.32 Å². The Hall–Kier alpha value is -1.37. The van der Waals surface area contributed by atoms with Crippen molar-refractivity contribution in [2.75, 3.05) is 6.61 Å². The van der Waals surface area contributed by atoms with Gasteiger partial charge in [0.05, 0.1) is 6.61 Å². The van der Waals surface area contributed by atoms with Gasteiger partial charge in [-0.3, -0.25) is 0 Å². The van der Waals surface area contributed by atoms with E-state index in [9.17, 15) is 14.1 Å². The molecule has 2 saturated carbocycles. The third kappa shape index (κ3) is 2.24. The van der Waals surface area contributed by atoms with Gasteiger partial charge in [-0.2, -0.15) is 4.99 Å². The Labute approximate surface area is 119 Å². The Bertz CT molecular complexity index is 528. The molecule has 7 heteroatoms. The lowest BCUT2D eigenvalue weighted by molar-refractivity contribution is -0.137. The molecule has 110 valence electrons. The first kappa shape index (κ1) is 13.6. The first-order valence-corrected chi connectivity index (χ1v) is 8.12. The van der Waals surface area contributed by atoms with E-state index < -0.39 is 22.7 Å². The van der Waals surface area contributed by atoms with E-state index in [0.29, 0.717) is 5.92 Å². The number of carbonyl (C=O) groups excluding carboxylic acids is 1. The van der Waals surface area contributed by atoms with Crippen LogP contribution in [-0.2, 0) is 20.3 Å². The quantitative estimate of drug-likeness (QED) is 0.764. The Kier molecular flexibility index (Phi) is 3.54. The standard InChI is InChI=1S/C13H18N2O4S/c1-2-19-12(17)10-11(16)15-13(20(10)18)14-9-6-7-3-4-8(9)5-7/h7-9,16H,2-6H2,1H3,(H,14,15)/t7-,8+,9+,20?/m1/s1. The van der Waals surface area contributed by atoms with E-state index >= 15 is 0 Å². The highest BCUT2D eigenvalue weighted by Crippen LogP contribution is 2.44. The number of aliphatic imine (C=N–C) groups is 1. The highest BCUT2D eigenvalue weighted by Gasteiger charge is 2.42. The zero-order valence-corrected chi connectivity index (χ0v) is 12.1. The van der Waals surface area contributed by atoms with Gasteiger partial charge in [0.15, 0.2) is 4.91 Å². The van der Waals surface area contributed by atoms with E-state index in [1.54, 1.807) is 6.92 Å². The topological polar surface area (TPSA) is 88.0 Å². The lowest BCUT2D eigenvalue weighted by Crippen LogP contribution is -2.40. The van der Waals surface area contributed by atoms with Crippen LogP contribution in [0, 0.1) is 11.8 Å². The fraction of sp³-hybridized carbons (Fsp3) is 0.692. The van der Waals surface area contributed by atoms with Crippen molar-refractivity contribution in [3.8, 4) is 0 Å². The van der Waals surface area contributed by atoms with Gasteiger partial charge in [0.1, 0.15) is 10.8 Å². The minimum absolute atomic E-state index is 0.169. The van der Waals surface area contributed by atoms with Gasteiger partial charge in [-0.15, -0.1) is 0 Å². The summed E-state index contributed by atoms with van der Waals surface area (Å²) in [7, 11) is -1.76. The number of hydrogen-bond acceptors (Lipinski definition) is 6. The zero-order valence-electron chi connectivity index (χ0n) is 11.3. The van der Waals surface area contributed by atoms with Crippen molar-refractivity contribution in [3.63, 3.8) is 0 Å². The molecule has 20 heavy (non-hydrogen) atoms. The number of carbonyl (C=O) groups is 1. The van der Waals surface area contributed by atoms with Crippen LogP contribution >= 0.6 is 0 Å². The van der Waals surface area contributed by atoms with Gasteiger partial charge < -0.3 is 15.2 Å². The highest BCUT2D eigenvalue weighted by molar-refractivity contribution is 8.05. The minimum atomic E-state index is -1.76. The lowest BCUT2D eigenvalue weighted by atomic mass is 9.96. The summed E-state index contributed by atoms with van der Waals surface area (Å²) >= 11 is 0. The number of aliphatic hydroxyl groups excluding tert-OH is 1. The zero-order chi connectivity index (χ0) is 14.3. The summed E-state index contributed by atoms with van der Waals surface area (Å²) < 4.78 is 17.0. The molecule has 0 spiro atoms. The third-order valence-corrected chi connectivity index (χ3v) is 5.56. The molecule has 1 aliphatic heterocycles. The summed E-state index contributed by atoms with van der Waals surface area (Å²) in [5.41, 5.74) is 0. The number of nitrogens with one attached hydrogen (secondary N) is 1. The summed E-state index contributed by atoms with van der Waals surface area (Å²) in [5.74, 6) is 0.0803. The second-order valence-electron chi connectivity index (χ2n) is 5.48. The Morgan fingerprint density at radius 1 is 1.50 bits per heavy atom. The van der Waals surface area contributed by atoms with Crippen LogP contribution in [0.1, 0.15) is 32.6 Å². The molecule has 2 N–H and O–H groups in total. The number of ether oxygens (including phenoxy) is 1. The Morgan fingerprint density at radius 2 is 2.30 bits per heavy atom. The van der Waals surface area contributed by atoms with Crippen molar-refractivity contribution < 1.29 is 18.8 Å². The van der Waals surface area contributed by atoms with E-state index in [0.717, 1.165) is 12.3 Å². The van der Waals surface area contributed by atoms with Crippen molar-refractivity contribution >= 4 is 21.9 Å². The second kappa shape index (κ2) is 5.20. The fourth-order valence-electron chi connectivity index (χ4n) is 3.40. The van der Waals surface area contributed by atoms with Crippen LogP contribution in [0.2, 0.25) is 0 Å². The van der Waals surface area contributed by atoms with E-state index in [4.69, 9.17) is 4.74 Å². The fourth-order valence-corrected chi connectivity index (χ4v) is 4.44. The molecular formula is C13H18N2O4S. The van der Waals surface area contributed by atoms with Gasteiger partial charge in [-0.05, 0) is 38.0 Å². The average Bonchev–Trinajstić information content (AvgIpc) is 3.06. The predicted molar refractivity (Wildman–Crippen MR) is 74.2 cm³/mol. The largest absolute Gasteiger partial charge is 0.492 e. The van der Waals surface area contributed by atoms with Gasteiger partial charge in [-0.1, -0.05) is 6.42 Å². The Morgan fingerprint density at radius 3 is 2.90 bits per heavy atom. The van der Waals surface area contributed by atoms with Crippen LogP contribution in [0.4, 0.5) is 0 Å². The molecule has 0 amide bonds. The first-order valence-electron chi connectivity index (χ1n) is 6.97. The van der Waals surface area contributed by atoms with Gasteiger partial charge in [0.2, 0.25) is 11.1 Å². The average molecular weight is 298 g/mol. The lowest BCUT2D eigenvalue weighted by Gasteiger charge is -2.23. The minimum Gasteiger partial charge on any atom is -0.492 e. The summed E-state index contributed by atoms with van der Waals surface area (Å²) in [6.07, 6.45) is 4.72. The second-order valence-corrected chi connectivity index (χ2v) is 6.82. The summed E-state index contributed by atoms with van der Waals surface area (Å²) in [4.78, 5) is 15.2. The summed E-state index contributed by atoms with van der Waals surface area (Å²) in [5, 5.41) is 13.0. The van der Waals surface area contributed by atoms with E-state index in [-0.39, 0.29) is 22.7 Å². The van der Waals surface area contributed by atoms with E-state index in [1.807, 2.05) is 0 Å². The predicted octanol–water partition coefficient (Wildman–Crippen LogP) is 1.17. The summed E-state index contributed by atoms with van der Waals surface area (Å²) in [6, 6.07) is 0.255. The number of aliphatic hydroxyl groups is 1. The van der Waals surface area contributed by atoms with Crippen molar-refractivity contribution in [2.45, 2.75) is 38.6 Å². The molecule has 0 aromatic rings. The van der Waals surface area contributed by atoms with Gasteiger partial charge >= 0.3 is 5.97 Å². The molecule has 0 saturated heterocycles. The molecule has 2 fully saturated rings. The van der Waals surface area contributed by atoms with Gasteiger partial charge in [-0.25, -0.2) is 9.00 Å². The van der Waals surface area contributed by atoms with Crippen LogP contribution in [-0.4, -0.2) is 33.1 Å². The molecule has 0 aromatic carbocycles. The monoisotopic (exact) mass is 298 g/mol. The number of amidine groups is 1. The van der Waals surface area contributed by atoms with Crippen molar-refractivity contribution in [3.05, 3.63) is 10.8 Å². The van der Waals surface area contributed by atoms with Crippen LogP contribution in [0.5, 0.6) is 0 Å². The molecule has 0 aromatic heterocycles. The molecule has 3 aliphatic rings. The maximum absolute atomic E-state index is 12.2. The molecule has 1 unspecified atom stereocenters. The maximum Gasteiger partial charge on any atom is 0.353 e. The SMILES string of the molecule is CCOC(=O)C1=C(O)N=C(N[C@H]2C[C@@H]3CC[C@H]2C3)S1=O. The number of nitrogens with zero attached hydrogens (tertiary/aromatic N) is 1. The molecule has 3 rings (SSSR count). The third-order valence-electron chi connectivity index (χ3n) is 4.28. The first-order chi connectivity index (χ1) is 9.60. The van der Waals surface area contributed by atoms with Crippen molar-refractivity contribution in [1.29, 1.82) is 0 Å². The number of rotatable bonds is 3. The van der Waals surface area contributed by atoms with Crippen LogP contribution in [0.25, 0.3) is 0 Å². The van der Waals surface area contributed by atoms with Crippen molar-refractivity contribution in [2.24, 2.45) is 16.8 Å². The molecule has 1 heterocycles. The normalized spacial score (nSPS) is 35.4. The molecule has 4 atom stereocenters. The van der Waals surface area contributed by atoms with E-state index in [2.05, 4.69) is 10.3 Å². The van der Waals surface area contributed by atoms with Crippen molar-refractivity contribution in [1.82, 2.24) is 5.32 Å². The Balaban J connectivity index is 1.67. The van der Waals surface area contributed by atoms with Crippen LogP contribution in [0.15, 0.2) is 15.8 Å². The van der Waals surface area contributed by atoms with Gasteiger partial charge in [0.25, 0.3) is 0 Å². The molecule has 2 aliphatic carbocycles. The van der Waals surface area contributed by atoms with Gasteiger partial charge in [0, 0.05) is 6.04 Å². The van der Waals surface area contributed by atoms with E-state index in [1.165, 1.54) is 19.3 Å². The van der Waals surface area contributed by atoms with Crippen LogP contribution in [0.3, 0.4) is 0 Å². The highest BCUT2D eigenvalue weighted by atomic mass is 32.2. The molecule has 0 radical (unpaired) electrons. The number of hydrogen-bond donors (Lipinski definition) is 2. The smallest absolute Gasteiger partial charge is 0.353 e. The molecule has 6 nitrogen and oxygen atoms in total. The molecular weight excluding hydrogens is 280 g/mol.